The highest BCUT2D eigenvalue weighted by molar-refractivity contribution is 6.31. The summed E-state index contributed by atoms with van der Waals surface area (Å²) in [5, 5.41) is 0.455. The molecule has 0 saturated heterocycles. The number of hydrogen-bond donors (Lipinski definition) is 2. The van der Waals surface area contributed by atoms with Crippen LogP contribution in [0.3, 0.4) is 0 Å². The summed E-state index contributed by atoms with van der Waals surface area (Å²) < 4.78 is 13.9. The van der Waals surface area contributed by atoms with Gasteiger partial charge in [-0.25, -0.2) is 4.39 Å². The molecule has 0 bridgehead atoms. The Morgan fingerprint density at radius 1 is 1.33 bits per heavy atom. The Kier molecular flexibility index (Phi) is 4.60. The summed E-state index contributed by atoms with van der Waals surface area (Å²) in [5.41, 5.74) is 3.28. The molecule has 0 radical (unpaired) electrons. The summed E-state index contributed by atoms with van der Waals surface area (Å²) in [6.45, 7) is 2.26. The Morgan fingerprint density at radius 2 is 2.00 bits per heavy atom. The van der Waals surface area contributed by atoms with Crippen molar-refractivity contribution in [3.8, 4) is 0 Å². The monoisotopic (exact) mass is 270 g/mol. The van der Waals surface area contributed by atoms with Crippen molar-refractivity contribution in [3.63, 3.8) is 0 Å². The van der Waals surface area contributed by atoms with Gasteiger partial charge >= 0.3 is 0 Å². The fourth-order valence-corrected chi connectivity index (χ4v) is 3.16. The maximum Gasteiger partial charge on any atom is 0.129 e. The first kappa shape index (κ1) is 13.8. The Morgan fingerprint density at radius 3 is 2.56 bits per heavy atom. The lowest BCUT2D eigenvalue weighted by Gasteiger charge is -2.33. The summed E-state index contributed by atoms with van der Waals surface area (Å²) in [6, 6.07) is 4.59. The van der Waals surface area contributed by atoms with Crippen molar-refractivity contribution in [2.75, 3.05) is 0 Å². The number of benzene rings is 1. The molecule has 1 aromatic carbocycles. The van der Waals surface area contributed by atoms with Gasteiger partial charge in [-0.3, -0.25) is 11.3 Å². The van der Waals surface area contributed by atoms with Crippen LogP contribution in [0, 0.1) is 17.7 Å². The second-order valence-corrected chi connectivity index (χ2v) is 5.71. The number of halogens is 2. The predicted molar refractivity (Wildman–Crippen MR) is 72.6 cm³/mol. The Hall–Kier alpha value is -0.640. The molecule has 0 aromatic heterocycles. The van der Waals surface area contributed by atoms with Crippen molar-refractivity contribution in [3.05, 3.63) is 34.6 Å². The van der Waals surface area contributed by atoms with Crippen molar-refractivity contribution in [2.24, 2.45) is 17.7 Å². The lowest BCUT2D eigenvalue weighted by molar-refractivity contribution is 0.229. The highest BCUT2D eigenvalue weighted by atomic mass is 35.5. The summed E-state index contributed by atoms with van der Waals surface area (Å²) in [4.78, 5) is 0. The van der Waals surface area contributed by atoms with Gasteiger partial charge in [0.2, 0.25) is 0 Å². The van der Waals surface area contributed by atoms with Crippen molar-refractivity contribution in [2.45, 2.75) is 38.6 Å². The number of rotatable bonds is 3. The molecule has 0 amide bonds. The molecule has 1 unspecified atom stereocenters. The summed E-state index contributed by atoms with van der Waals surface area (Å²) in [7, 11) is 0. The Bertz CT molecular complexity index is 383. The maximum absolute atomic E-state index is 13.9. The highest BCUT2D eigenvalue weighted by Crippen LogP contribution is 2.39. The van der Waals surface area contributed by atoms with Gasteiger partial charge in [-0.2, -0.15) is 0 Å². The third-order valence-corrected chi connectivity index (χ3v) is 4.35. The molecule has 18 heavy (non-hydrogen) atoms. The molecule has 1 fully saturated rings. The van der Waals surface area contributed by atoms with E-state index in [9.17, 15) is 4.39 Å². The molecule has 1 aliphatic carbocycles. The fraction of sp³-hybridized carbons (Fsp3) is 0.571. The number of nitrogens with two attached hydrogens (primary N) is 1. The van der Waals surface area contributed by atoms with E-state index in [-0.39, 0.29) is 11.9 Å². The van der Waals surface area contributed by atoms with Gasteiger partial charge in [0.15, 0.2) is 0 Å². The minimum absolute atomic E-state index is 0.189. The molecule has 0 spiro atoms. The smallest absolute Gasteiger partial charge is 0.129 e. The molecular weight excluding hydrogens is 251 g/mol. The highest BCUT2D eigenvalue weighted by Gasteiger charge is 2.29. The van der Waals surface area contributed by atoms with Crippen LogP contribution in [0.2, 0.25) is 5.02 Å². The average Bonchev–Trinajstić information content (AvgIpc) is 2.35. The van der Waals surface area contributed by atoms with Crippen LogP contribution in [-0.2, 0) is 0 Å². The molecule has 2 nitrogen and oxygen atoms in total. The minimum Gasteiger partial charge on any atom is -0.271 e. The topological polar surface area (TPSA) is 38.0 Å². The zero-order chi connectivity index (χ0) is 13.1. The summed E-state index contributed by atoms with van der Waals surface area (Å²) >= 11 is 6.12. The molecule has 1 saturated carbocycles. The van der Waals surface area contributed by atoms with Gasteiger partial charge in [0.25, 0.3) is 0 Å². The van der Waals surface area contributed by atoms with Crippen molar-refractivity contribution in [1.29, 1.82) is 0 Å². The Labute approximate surface area is 113 Å². The minimum atomic E-state index is -0.274. The largest absolute Gasteiger partial charge is 0.271 e. The van der Waals surface area contributed by atoms with Crippen molar-refractivity contribution >= 4 is 11.6 Å². The van der Waals surface area contributed by atoms with Crippen LogP contribution in [0.4, 0.5) is 4.39 Å². The molecule has 4 heteroatoms. The fourth-order valence-electron chi connectivity index (χ4n) is 2.88. The van der Waals surface area contributed by atoms with E-state index in [4.69, 9.17) is 17.4 Å². The van der Waals surface area contributed by atoms with Crippen LogP contribution in [0.25, 0.3) is 0 Å². The first-order valence-electron chi connectivity index (χ1n) is 6.53. The van der Waals surface area contributed by atoms with E-state index in [0.29, 0.717) is 16.5 Å². The molecule has 1 aliphatic rings. The van der Waals surface area contributed by atoms with Crippen molar-refractivity contribution in [1.82, 2.24) is 5.43 Å². The van der Waals surface area contributed by atoms with E-state index in [0.717, 1.165) is 18.8 Å². The van der Waals surface area contributed by atoms with Crippen molar-refractivity contribution < 1.29 is 4.39 Å². The molecule has 2 rings (SSSR count). The first-order valence-corrected chi connectivity index (χ1v) is 6.91. The van der Waals surface area contributed by atoms with Gasteiger partial charge < -0.3 is 0 Å². The molecule has 0 aliphatic heterocycles. The van der Waals surface area contributed by atoms with Gasteiger partial charge in [0.05, 0.1) is 6.04 Å². The second kappa shape index (κ2) is 6.00. The normalized spacial score (nSPS) is 26.0. The average molecular weight is 271 g/mol. The first-order chi connectivity index (χ1) is 8.63. The summed E-state index contributed by atoms with van der Waals surface area (Å²) in [6.07, 6.45) is 4.49. The zero-order valence-corrected chi connectivity index (χ0v) is 11.4. The second-order valence-electron chi connectivity index (χ2n) is 5.30. The Balaban J connectivity index is 2.23. The quantitative estimate of drug-likeness (QED) is 0.647. The van der Waals surface area contributed by atoms with Gasteiger partial charge in [-0.15, -0.1) is 0 Å². The van der Waals surface area contributed by atoms with E-state index in [2.05, 4.69) is 12.3 Å². The molecule has 1 atom stereocenters. The van der Waals surface area contributed by atoms with Gasteiger partial charge in [0, 0.05) is 10.6 Å². The lowest BCUT2D eigenvalue weighted by Crippen LogP contribution is -2.36. The molecule has 3 N–H and O–H groups in total. The van der Waals surface area contributed by atoms with Crippen LogP contribution in [0.1, 0.15) is 44.2 Å². The third kappa shape index (κ3) is 2.85. The van der Waals surface area contributed by atoms with Gasteiger partial charge in [-0.05, 0) is 36.8 Å². The number of hydrazine groups is 1. The number of nitrogens with one attached hydrogen (secondary N) is 1. The van der Waals surface area contributed by atoms with E-state index in [1.54, 1.807) is 12.1 Å². The zero-order valence-electron chi connectivity index (χ0n) is 10.6. The van der Waals surface area contributed by atoms with E-state index in [1.807, 2.05) is 0 Å². The summed E-state index contributed by atoms with van der Waals surface area (Å²) in [5.74, 6) is 6.48. The van der Waals surface area contributed by atoms with Crippen LogP contribution in [0.15, 0.2) is 18.2 Å². The van der Waals surface area contributed by atoms with Crippen LogP contribution >= 0.6 is 11.6 Å². The van der Waals surface area contributed by atoms with E-state index < -0.39 is 0 Å². The third-order valence-electron chi connectivity index (χ3n) is 4.02. The molecule has 0 heterocycles. The SMILES string of the molecule is CC1CCC(C(NN)c2c(F)cccc2Cl)CC1. The van der Waals surface area contributed by atoms with E-state index in [1.165, 1.54) is 18.9 Å². The van der Waals surface area contributed by atoms with E-state index >= 15 is 0 Å². The predicted octanol–water partition coefficient (Wildman–Crippen LogP) is 3.81. The van der Waals surface area contributed by atoms with Crippen LogP contribution in [0.5, 0.6) is 0 Å². The van der Waals surface area contributed by atoms with Crippen LogP contribution in [-0.4, -0.2) is 0 Å². The van der Waals surface area contributed by atoms with Crippen LogP contribution < -0.4 is 11.3 Å². The molecule has 100 valence electrons. The number of hydrogen-bond acceptors (Lipinski definition) is 2. The maximum atomic E-state index is 13.9. The molecule has 1 aromatic rings. The molecular formula is C14H20ClFN2. The van der Waals surface area contributed by atoms with Gasteiger partial charge in [-0.1, -0.05) is 37.4 Å². The standard InChI is InChI=1S/C14H20ClFN2/c1-9-5-7-10(8-6-9)14(18-17)13-11(15)3-2-4-12(13)16/h2-4,9-10,14,18H,5-8,17H2,1H3. The van der Waals surface area contributed by atoms with Gasteiger partial charge in [0.1, 0.15) is 5.82 Å². The lowest BCUT2D eigenvalue weighted by atomic mass is 9.77.